The van der Waals surface area contributed by atoms with E-state index in [0.29, 0.717) is 0 Å². The fourth-order valence-electron chi connectivity index (χ4n) is 4.65. The fourth-order valence-corrected chi connectivity index (χ4v) is 4.65. The number of nitrogens with zero attached hydrogens (tertiary/aromatic N) is 1. The van der Waals surface area contributed by atoms with Crippen molar-refractivity contribution in [2.45, 2.75) is 47.8 Å². The van der Waals surface area contributed by atoms with Crippen molar-refractivity contribution in [3.63, 3.8) is 0 Å². The van der Waals surface area contributed by atoms with Gasteiger partial charge in [0.15, 0.2) is 18.3 Å². The minimum absolute atomic E-state index is 0.0795. The summed E-state index contributed by atoms with van der Waals surface area (Å²) < 4.78 is 16.4. The van der Waals surface area contributed by atoms with E-state index in [1.165, 1.54) is 0 Å². The maximum atomic E-state index is 10.7. The SMILES string of the molecule is NC1=NC2O[C@@H]3C4(O)OC5C(O)C3(N1)C2C(O4)[C@@]5(O)CO. The van der Waals surface area contributed by atoms with Crippen LogP contribution in [0.15, 0.2) is 4.99 Å². The molecule has 7 N–H and O–H groups in total. The maximum Gasteiger partial charge on any atom is 0.311 e. The lowest BCUT2D eigenvalue weighted by molar-refractivity contribution is -0.529. The lowest BCUT2D eigenvalue weighted by atomic mass is 9.56. The molecule has 6 aliphatic rings. The number of aliphatic hydroxyl groups is 4. The van der Waals surface area contributed by atoms with Gasteiger partial charge in [-0.3, -0.25) is 0 Å². The van der Waals surface area contributed by atoms with Gasteiger partial charge < -0.3 is 45.7 Å². The van der Waals surface area contributed by atoms with Crippen LogP contribution in [0.3, 0.4) is 0 Å². The second-order valence-corrected chi connectivity index (χ2v) is 6.31. The number of nitrogens with two attached hydrogens (primary N) is 1. The smallest absolute Gasteiger partial charge is 0.311 e. The van der Waals surface area contributed by atoms with Crippen LogP contribution in [0.2, 0.25) is 0 Å². The Hall–Kier alpha value is -1.01. The van der Waals surface area contributed by atoms with Crippen molar-refractivity contribution >= 4 is 5.96 Å². The first-order chi connectivity index (χ1) is 9.87. The molecule has 116 valence electrons. The number of hydrogen-bond acceptors (Lipinski definition) is 10. The third-order valence-corrected chi connectivity index (χ3v) is 5.44. The zero-order valence-electron chi connectivity index (χ0n) is 10.7. The van der Waals surface area contributed by atoms with Crippen LogP contribution in [0.1, 0.15) is 0 Å². The van der Waals surface area contributed by atoms with Crippen molar-refractivity contribution in [1.82, 2.24) is 5.32 Å². The maximum absolute atomic E-state index is 10.7. The average molecular weight is 301 g/mol. The second kappa shape index (κ2) is 3.18. The van der Waals surface area contributed by atoms with Gasteiger partial charge in [0.25, 0.3) is 0 Å². The monoisotopic (exact) mass is 301 g/mol. The lowest BCUT2D eigenvalue weighted by Crippen LogP contribution is -2.92. The summed E-state index contributed by atoms with van der Waals surface area (Å²) in [5, 5.41) is 44.4. The number of hydrogen-bond donors (Lipinski definition) is 6. The van der Waals surface area contributed by atoms with Crippen molar-refractivity contribution in [2.24, 2.45) is 16.6 Å². The van der Waals surface area contributed by atoms with Crippen LogP contribution in [0, 0.1) is 5.92 Å². The van der Waals surface area contributed by atoms with Gasteiger partial charge in [0.1, 0.15) is 29.5 Å². The topological polar surface area (TPSA) is 159 Å². The Balaban J connectivity index is 1.77. The van der Waals surface area contributed by atoms with E-state index in [-0.39, 0.29) is 5.96 Å². The standard InChI is InChI=1S/C11H15N3O7/c12-8-13-6-2-4-9(17,1-15)5-3(16)10(2,14-8)7(19-6)11(18,20-4)21-5/h2-7,15-18H,1H2,(H3,12,13,14)/t2?,3?,4?,5?,6?,7-,9-,10?,11?/m0/s1. The molecule has 1 aliphatic carbocycles. The van der Waals surface area contributed by atoms with Gasteiger partial charge >= 0.3 is 5.97 Å². The predicted molar refractivity (Wildman–Crippen MR) is 62.4 cm³/mol. The Bertz CT molecular complexity index is 574. The highest BCUT2D eigenvalue weighted by molar-refractivity contribution is 5.80. The van der Waals surface area contributed by atoms with E-state index in [0.717, 1.165) is 0 Å². The van der Waals surface area contributed by atoms with Gasteiger partial charge in [0.05, 0.1) is 12.5 Å². The number of ether oxygens (including phenoxy) is 3. The van der Waals surface area contributed by atoms with Gasteiger partial charge in [-0.1, -0.05) is 0 Å². The molecule has 1 saturated carbocycles. The molecule has 5 heterocycles. The van der Waals surface area contributed by atoms with E-state index in [1.807, 2.05) is 0 Å². The summed E-state index contributed by atoms with van der Waals surface area (Å²) in [6, 6.07) is 0. The number of aliphatic imine (C=N–C) groups is 1. The molecule has 0 aromatic rings. The normalized spacial score (nSPS) is 66.2. The number of aliphatic hydroxyl groups excluding tert-OH is 2. The molecular weight excluding hydrogens is 286 g/mol. The van der Waals surface area contributed by atoms with Crippen molar-refractivity contribution in [2.75, 3.05) is 6.61 Å². The first-order valence-corrected chi connectivity index (χ1v) is 6.73. The summed E-state index contributed by atoms with van der Waals surface area (Å²) in [5.41, 5.74) is 2.70. The van der Waals surface area contributed by atoms with E-state index in [9.17, 15) is 20.4 Å². The molecule has 1 spiro atoms. The molecule has 0 aromatic carbocycles. The minimum atomic E-state index is -2.13. The van der Waals surface area contributed by atoms with Gasteiger partial charge in [-0.2, -0.15) is 0 Å². The molecule has 0 radical (unpaired) electrons. The summed E-state index contributed by atoms with van der Waals surface area (Å²) in [4.78, 5) is 4.09. The van der Waals surface area contributed by atoms with Gasteiger partial charge in [-0.15, -0.1) is 0 Å². The Labute approximate surface area is 118 Å². The van der Waals surface area contributed by atoms with Crippen LogP contribution >= 0.6 is 0 Å². The highest BCUT2D eigenvalue weighted by Crippen LogP contribution is 2.63. The molecule has 4 saturated heterocycles. The van der Waals surface area contributed by atoms with Crippen molar-refractivity contribution < 1.29 is 34.6 Å². The van der Waals surface area contributed by atoms with Gasteiger partial charge in [0.2, 0.25) is 0 Å². The highest BCUT2D eigenvalue weighted by Gasteiger charge is 2.86. The summed E-state index contributed by atoms with van der Waals surface area (Å²) in [7, 11) is 0. The molecule has 7 unspecified atom stereocenters. The highest BCUT2D eigenvalue weighted by atomic mass is 16.9. The van der Waals surface area contributed by atoms with Gasteiger partial charge in [-0.25, -0.2) is 4.99 Å². The molecule has 21 heavy (non-hydrogen) atoms. The van der Waals surface area contributed by atoms with Gasteiger partial charge in [-0.05, 0) is 0 Å². The lowest BCUT2D eigenvalue weighted by Gasteiger charge is -2.68. The predicted octanol–water partition coefficient (Wildman–Crippen LogP) is -4.47. The number of guanidine groups is 1. The Morgan fingerprint density at radius 2 is 2.00 bits per heavy atom. The zero-order chi connectivity index (χ0) is 14.8. The van der Waals surface area contributed by atoms with E-state index in [4.69, 9.17) is 19.9 Å². The number of rotatable bonds is 1. The molecule has 0 amide bonds. The molecule has 10 nitrogen and oxygen atoms in total. The van der Waals surface area contributed by atoms with E-state index in [1.54, 1.807) is 0 Å². The van der Waals surface area contributed by atoms with Crippen molar-refractivity contribution in [3.8, 4) is 0 Å². The second-order valence-electron chi connectivity index (χ2n) is 6.31. The van der Waals surface area contributed by atoms with E-state index >= 15 is 0 Å². The molecule has 6 rings (SSSR count). The Morgan fingerprint density at radius 3 is 2.71 bits per heavy atom. The van der Waals surface area contributed by atoms with Crippen LogP contribution in [0.5, 0.6) is 0 Å². The molecule has 5 aliphatic heterocycles. The molecule has 5 fully saturated rings. The van der Waals surface area contributed by atoms with Crippen molar-refractivity contribution in [3.05, 3.63) is 0 Å². The quantitative estimate of drug-likeness (QED) is 0.281. The summed E-state index contributed by atoms with van der Waals surface area (Å²) in [6.45, 7) is -0.696. The summed E-state index contributed by atoms with van der Waals surface area (Å²) in [6.07, 6.45) is -5.35. The molecule has 10 heteroatoms. The molecule has 0 aromatic heterocycles. The van der Waals surface area contributed by atoms with Crippen LogP contribution in [0.25, 0.3) is 0 Å². The Morgan fingerprint density at radius 1 is 1.29 bits per heavy atom. The molecule has 9 atom stereocenters. The molecular formula is C11H15N3O7. The van der Waals surface area contributed by atoms with Crippen LogP contribution in [0.4, 0.5) is 0 Å². The minimum Gasteiger partial charge on any atom is -0.393 e. The van der Waals surface area contributed by atoms with E-state index < -0.39 is 60.3 Å². The average Bonchev–Trinajstić information content (AvgIpc) is 2.59. The summed E-state index contributed by atoms with van der Waals surface area (Å²) in [5.74, 6) is -2.66. The van der Waals surface area contributed by atoms with Crippen LogP contribution in [-0.4, -0.2) is 80.7 Å². The Kier molecular flexibility index (Phi) is 1.89. The fraction of sp³-hybridized carbons (Fsp3) is 0.909. The number of nitrogens with one attached hydrogen (secondary N) is 1. The van der Waals surface area contributed by atoms with Crippen LogP contribution < -0.4 is 11.1 Å². The van der Waals surface area contributed by atoms with Crippen molar-refractivity contribution in [1.29, 1.82) is 0 Å². The summed E-state index contributed by atoms with van der Waals surface area (Å²) >= 11 is 0. The third kappa shape index (κ3) is 1.03. The molecule has 7 bridgehead atoms. The third-order valence-electron chi connectivity index (χ3n) is 5.44. The zero-order valence-corrected chi connectivity index (χ0v) is 10.7. The first kappa shape index (κ1) is 12.5. The van der Waals surface area contributed by atoms with Gasteiger partial charge in [0, 0.05) is 0 Å². The first-order valence-electron chi connectivity index (χ1n) is 6.73. The van der Waals surface area contributed by atoms with E-state index in [2.05, 4.69) is 10.3 Å². The van der Waals surface area contributed by atoms with Crippen LogP contribution in [-0.2, 0) is 14.2 Å². The largest absolute Gasteiger partial charge is 0.393 e.